The molecular formula is C27H24N6O4S. The van der Waals surface area contributed by atoms with Crippen LogP contribution in [-0.2, 0) is 10.0 Å². The number of carbonyl (C=O) groups excluding carboxylic acids is 1. The van der Waals surface area contributed by atoms with Crippen LogP contribution in [0.5, 0.6) is 11.6 Å². The van der Waals surface area contributed by atoms with Crippen molar-refractivity contribution in [1.82, 2.24) is 24.9 Å². The van der Waals surface area contributed by atoms with Crippen molar-refractivity contribution in [2.45, 2.75) is 25.8 Å². The molecule has 0 aliphatic rings. The zero-order chi connectivity index (χ0) is 27.0. The summed E-state index contributed by atoms with van der Waals surface area (Å²) in [5, 5.41) is 7.46. The van der Waals surface area contributed by atoms with Crippen molar-refractivity contribution in [1.29, 1.82) is 0 Å². The van der Waals surface area contributed by atoms with E-state index in [1.165, 1.54) is 24.3 Å². The van der Waals surface area contributed by atoms with Crippen molar-refractivity contribution in [3.63, 3.8) is 0 Å². The number of benzene rings is 2. The van der Waals surface area contributed by atoms with Gasteiger partial charge in [-0.25, -0.2) is 14.7 Å². The number of sulfonamides is 1. The fourth-order valence-electron chi connectivity index (χ4n) is 4.19. The molecule has 0 radical (unpaired) electrons. The summed E-state index contributed by atoms with van der Waals surface area (Å²) < 4.78 is 33.9. The lowest BCUT2D eigenvalue weighted by molar-refractivity contribution is 0.0978. The predicted octanol–water partition coefficient (Wildman–Crippen LogP) is 4.44. The number of amides is 1. The Morgan fingerprint density at radius 3 is 2.47 bits per heavy atom. The number of nitrogens with two attached hydrogens (primary N) is 1. The highest BCUT2D eigenvalue weighted by atomic mass is 32.2. The van der Waals surface area contributed by atoms with Gasteiger partial charge in [-0.2, -0.15) is 13.5 Å². The van der Waals surface area contributed by atoms with Crippen LogP contribution in [0.3, 0.4) is 0 Å². The minimum atomic E-state index is -4.31. The number of hydrogen-bond acceptors (Lipinski definition) is 8. The Morgan fingerprint density at radius 2 is 1.74 bits per heavy atom. The number of aromatic nitrogens is 4. The number of nitrogens with one attached hydrogen (secondary N) is 2. The lowest BCUT2D eigenvalue weighted by Crippen LogP contribution is -2.31. The van der Waals surface area contributed by atoms with E-state index in [0.717, 1.165) is 33.2 Å². The number of H-pyrrole nitrogens is 1. The molecule has 38 heavy (non-hydrogen) atoms. The van der Waals surface area contributed by atoms with Gasteiger partial charge in [0.15, 0.2) is 5.03 Å². The van der Waals surface area contributed by atoms with Gasteiger partial charge in [-0.05, 0) is 68.3 Å². The summed E-state index contributed by atoms with van der Waals surface area (Å²) in [5.41, 5.74) is 10.5. The van der Waals surface area contributed by atoms with E-state index in [9.17, 15) is 13.2 Å². The van der Waals surface area contributed by atoms with Crippen molar-refractivity contribution in [2.75, 3.05) is 5.73 Å². The lowest BCUT2D eigenvalue weighted by Gasteiger charge is -2.16. The average molecular weight is 529 g/mol. The fourth-order valence-corrected chi connectivity index (χ4v) is 5.13. The number of pyridine rings is 2. The molecule has 11 heteroatoms. The molecule has 5 aromatic rings. The van der Waals surface area contributed by atoms with Crippen LogP contribution in [0, 0.1) is 20.8 Å². The number of ether oxygens (including phenoxy) is 1. The van der Waals surface area contributed by atoms with Crippen LogP contribution in [0.25, 0.3) is 22.2 Å². The maximum atomic E-state index is 13.3. The molecule has 0 bridgehead atoms. The number of rotatable bonds is 6. The van der Waals surface area contributed by atoms with Gasteiger partial charge in [0.25, 0.3) is 15.9 Å². The van der Waals surface area contributed by atoms with Crippen LogP contribution < -0.4 is 15.2 Å². The van der Waals surface area contributed by atoms with Gasteiger partial charge in [-0.3, -0.25) is 9.89 Å². The van der Waals surface area contributed by atoms with E-state index >= 15 is 0 Å². The Morgan fingerprint density at radius 1 is 0.974 bits per heavy atom. The summed E-state index contributed by atoms with van der Waals surface area (Å²) in [4.78, 5) is 21.7. The molecule has 0 aliphatic heterocycles. The van der Waals surface area contributed by atoms with Crippen molar-refractivity contribution in [2.24, 2.45) is 0 Å². The molecule has 0 aliphatic carbocycles. The summed E-state index contributed by atoms with van der Waals surface area (Å²) in [6, 6.07) is 16.8. The van der Waals surface area contributed by atoms with Crippen LogP contribution in [0.4, 0.5) is 5.82 Å². The number of nitrogens with zero attached hydrogens (tertiary/aromatic N) is 3. The highest BCUT2D eigenvalue weighted by Crippen LogP contribution is 2.33. The molecule has 192 valence electrons. The third-order valence-corrected chi connectivity index (χ3v) is 7.12. The summed E-state index contributed by atoms with van der Waals surface area (Å²) in [6.45, 7) is 5.76. The average Bonchev–Trinajstić information content (AvgIpc) is 3.34. The summed E-state index contributed by atoms with van der Waals surface area (Å²) in [5.74, 6) is -0.427. The van der Waals surface area contributed by atoms with Gasteiger partial charge in [0.2, 0.25) is 5.88 Å². The number of carbonyl (C=O) groups is 1. The van der Waals surface area contributed by atoms with Crippen LogP contribution in [0.15, 0.2) is 71.9 Å². The van der Waals surface area contributed by atoms with Gasteiger partial charge in [0.05, 0.1) is 17.4 Å². The van der Waals surface area contributed by atoms with E-state index in [4.69, 9.17) is 10.5 Å². The quantitative estimate of drug-likeness (QED) is 0.292. The molecule has 0 fully saturated rings. The normalized spacial score (nSPS) is 11.4. The molecule has 10 nitrogen and oxygen atoms in total. The topological polar surface area (TPSA) is 153 Å². The molecule has 2 aromatic carbocycles. The number of anilines is 1. The Hall–Kier alpha value is -4.77. The Balaban J connectivity index is 1.58. The minimum absolute atomic E-state index is 0.00952. The Labute approximate surface area is 219 Å². The third kappa shape index (κ3) is 4.91. The highest BCUT2D eigenvalue weighted by molar-refractivity contribution is 7.90. The van der Waals surface area contributed by atoms with E-state index in [-0.39, 0.29) is 22.3 Å². The molecule has 3 heterocycles. The molecule has 3 aromatic heterocycles. The number of fused-ring (bicyclic) bond motifs is 1. The zero-order valence-corrected chi connectivity index (χ0v) is 21.6. The molecule has 0 saturated heterocycles. The number of aromatic amines is 1. The first-order valence-electron chi connectivity index (χ1n) is 11.6. The third-order valence-electron chi connectivity index (χ3n) is 5.89. The maximum absolute atomic E-state index is 13.3. The van der Waals surface area contributed by atoms with Crippen LogP contribution in [0.1, 0.15) is 27.0 Å². The fraction of sp³-hybridized carbons (Fsp3) is 0.111. The second kappa shape index (κ2) is 9.60. The summed E-state index contributed by atoms with van der Waals surface area (Å²) >= 11 is 0. The van der Waals surface area contributed by atoms with Gasteiger partial charge in [0, 0.05) is 10.9 Å². The molecule has 5 rings (SSSR count). The monoisotopic (exact) mass is 528 g/mol. The van der Waals surface area contributed by atoms with E-state index < -0.39 is 15.9 Å². The molecule has 1 amide bonds. The minimum Gasteiger partial charge on any atom is -0.438 e. The second-order valence-electron chi connectivity index (χ2n) is 8.89. The standard InChI is InChI=1S/C27H24N6O4S/c1-15-11-16(2)25(17(3)12-15)37-27-20(26(34)33-38(35,36)24-6-4-5-23(28)31-24)8-10-21(30-27)18-7-9-22-19(13-18)14-29-32-22/h4-14H,1-3H3,(H2,28,31)(H,29,32)(H,33,34). The van der Waals surface area contributed by atoms with Crippen LogP contribution in [0.2, 0.25) is 0 Å². The van der Waals surface area contributed by atoms with Crippen molar-refractivity contribution in [3.05, 3.63) is 89.1 Å². The van der Waals surface area contributed by atoms with E-state index in [2.05, 4.69) is 20.2 Å². The van der Waals surface area contributed by atoms with Crippen molar-refractivity contribution in [3.8, 4) is 22.9 Å². The molecule has 0 unspecified atom stereocenters. The number of nitrogen functional groups attached to an aromatic ring is 1. The molecule has 0 atom stereocenters. The first kappa shape index (κ1) is 24.9. The summed E-state index contributed by atoms with van der Waals surface area (Å²) in [6.07, 6.45) is 1.70. The largest absolute Gasteiger partial charge is 0.438 e. The van der Waals surface area contributed by atoms with Gasteiger partial charge in [-0.1, -0.05) is 29.8 Å². The lowest BCUT2D eigenvalue weighted by atomic mass is 10.1. The van der Waals surface area contributed by atoms with Gasteiger partial charge < -0.3 is 10.5 Å². The SMILES string of the molecule is Cc1cc(C)c(Oc2nc(-c3ccc4[nH]ncc4c3)ccc2C(=O)NS(=O)(=O)c2cccc(N)n2)c(C)c1. The Kier molecular flexibility index (Phi) is 6.29. The second-order valence-corrected chi connectivity index (χ2v) is 10.5. The van der Waals surface area contributed by atoms with E-state index in [0.29, 0.717) is 11.4 Å². The van der Waals surface area contributed by atoms with Crippen LogP contribution in [-0.4, -0.2) is 34.5 Å². The van der Waals surface area contributed by atoms with Gasteiger partial charge in [-0.15, -0.1) is 0 Å². The highest BCUT2D eigenvalue weighted by Gasteiger charge is 2.25. The van der Waals surface area contributed by atoms with Gasteiger partial charge in [0.1, 0.15) is 17.1 Å². The van der Waals surface area contributed by atoms with Crippen molar-refractivity contribution >= 4 is 32.7 Å². The Bertz CT molecular complexity index is 1790. The predicted molar refractivity (Wildman–Crippen MR) is 143 cm³/mol. The zero-order valence-electron chi connectivity index (χ0n) is 20.8. The number of hydrogen-bond donors (Lipinski definition) is 3. The molecule has 0 saturated carbocycles. The smallest absolute Gasteiger partial charge is 0.281 e. The first-order valence-corrected chi connectivity index (χ1v) is 13.1. The number of aryl methyl sites for hydroxylation is 3. The first-order chi connectivity index (χ1) is 18.1. The van der Waals surface area contributed by atoms with Gasteiger partial charge >= 0.3 is 0 Å². The van der Waals surface area contributed by atoms with Crippen LogP contribution >= 0.6 is 0 Å². The van der Waals surface area contributed by atoms with E-state index in [1.807, 2.05) is 55.8 Å². The van der Waals surface area contributed by atoms with Crippen molar-refractivity contribution < 1.29 is 17.9 Å². The molecule has 4 N–H and O–H groups in total. The van der Waals surface area contributed by atoms with E-state index in [1.54, 1.807) is 12.3 Å². The maximum Gasteiger partial charge on any atom is 0.281 e. The molecule has 0 spiro atoms. The summed E-state index contributed by atoms with van der Waals surface area (Å²) in [7, 11) is -4.31. The molecular weight excluding hydrogens is 504 g/mol.